The van der Waals surface area contributed by atoms with Gasteiger partial charge in [-0.2, -0.15) is 0 Å². The SMILES string of the molecule is CCOC(=O)Cc1ccc(SC)c(CC)c1. The molecule has 0 amide bonds. The van der Waals surface area contributed by atoms with Crippen molar-refractivity contribution in [2.24, 2.45) is 0 Å². The highest BCUT2D eigenvalue weighted by molar-refractivity contribution is 7.98. The summed E-state index contributed by atoms with van der Waals surface area (Å²) >= 11 is 1.74. The molecule has 3 heteroatoms. The van der Waals surface area contributed by atoms with E-state index >= 15 is 0 Å². The van der Waals surface area contributed by atoms with Crippen LogP contribution in [0.25, 0.3) is 0 Å². The zero-order valence-electron chi connectivity index (χ0n) is 10.1. The molecule has 0 saturated heterocycles. The summed E-state index contributed by atoms with van der Waals surface area (Å²) in [6, 6.07) is 6.18. The summed E-state index contributed by atoms with van der Waals surface area (Å²) in [6.45, 7) is 4.40. The molecule has 0 aliphatic carbocycles. The van der Waals surface area contributed by atoms with Gasteiger partial charge in [0.2, 0.25) is 0 Å². The molecular weight excluding hydrogens is 220 g/mol. The van der Waals surface area contributed by atoms with Gasteiger partial charge in [-0.3, -0.25) is 4.79 Å². The minimum Gasteiger partial charge on any atom is -0.466 e. The fraction of sp³-hybridized carbons (Fsp3) is 0.462. The first-order valence-corrected chi connectivity index (χ1v) is 6.75. The van der Waals surface area contributed by atoms with Gasteiger partial charge in [-0.25, -0.2) is 0 Å². The maximum atomic E-state index is 11.3. The highest BCUT2D eigenvalue weighted by Crippen LogP contribution is 2.22. The minimum absolute atomic E-state index is 0.151. The van der Waals surface area contributed by atoms with Gasteiger partial charge in [-0.1, -0.05) is 19.1 Å². The molecule has 0 aromatic heterocycles. The Labute approximate surface area is 101 Å². The molecule has 0 N–H and O–H groups in total. The zero-order chi connectivity index (χ0) is 12.0. The molecular formula is C13H18O2S. The highest BCUT2D eigenvalue weighted by atomic mass is 32.2. The molecule has 1 aromatic rings. The Kier molecular flexibility index (Phi) is 5.39. The molecule has 1 rings (SSSR count). The third-order valence-electron chi connectivity index (χ3n) is 2.38. The molecule has 0 atom stereocenters. The lowest BCUT2D eigenvalue weighted by Crippen LogP contribution is -2.07. The topological polar surface area (TPSA) is 26.3 Å². The van der Waals surface area contributed by atoms with Crippen LogP contribution in [-0.4, -0.2) is 18.8 Å². The number of hydrogen-bond donors (Lipinski definition) is 0. The number of aryl methyl sites for hydroxylation is 1. The van der Waals surface area contributed by atoms with Crippen LogP contribution in [-0.2, 0) is 22.4 Å². The average Bonchev–Trinajstić information content (AvgIpc) is 2.29. The van der Waals surface area contributed by atoms with Crippen molar-refractivity contribution >= 4 is 17.7 Å². The number of thioether (sulfide) groups is 1. The van der Waals surface area contributed by atoms with Crippen LogP contribution in [0, 0.1) is 0 Å². The van der Waals surface area contributed by atoms with Crippen LogP contribution in [0.5, 0.6) is 0 Å². The van der Waals surface area contributed by atoms with E-state index in [0.29, 0.717) is 13.0 Å². The summed E-state index contributed by atoms with van der Waals surface area (Å²) in [5.41, 5.74) is 2.34. The number of ether oxygens (including phenoxy) is 1. The summed E-state index contributed by atoms with van der Waals surface area (Å²) in [7, 11) is 0. The number of rotatable bonds is 5. The van der Waals surface area contributed by atoms with Crippen LogP contribution in [0.2, 0.25) is 0 Å². The Bertz CT molecular complexity index is 361. The first-order valence-electron chi connectivity index (χ1n) is 5.52. The predicted octanol–water partition coefficient (Wildman–Crippen LogP) is 3.08. The summed E-state index contributed by atoms with van der Waals surface area (Å²) in [4.78, 5) is 12.6. The normalized spacial score (nSPS) is 10.2. The quantitative estimate of drug-likeness (QED) is 0.582. The zero-order valence-corrected chi connectivity index (χ0v) is 10.9. The van der Waals surface area contributed by atoms with E-state index in [0.717, 1.165) is 12.0 Å². The van der Waals surface area contributed by atoms with Crippen molar-refractivity contribution < 1.29 is 9.53 Å². The molecule has 0 aliphatic rings. The van der Waals surface area contributed by atoms with Gasteiger partial charge in [0.05, 0.1) is 13.0 Å². The van der Waals surface area contributed by atoms with Crippen LogP contribution in [0.4, 0.5) is 0 Å². The molecule has 0 unspecified atom stereocenters. The summed E-state index contributed by atoms with van der Waals surface area (Å²) in [6.07, 6.45) is 3.43. The predicted molar refractivity (Wildman–Crippen MR) is 67.9 cm³/mol. The lowest BCUT2D eigenvalue weighted by atomic mass is 10.1. The second-order valence-corrected chi connectivity index (χ2v) is 4.33. The fourth-order valence-electron chi connectivity index (χ4n) is 1.60. The van der Waals surface area contributed by atoms with E-state index in [9.17, 15) is 4.79 Å². The van der Waals surface area contributed by atoms with Crippen LogP contribution in [0.3, 0.4) is 0 Å². The molecule has 0 aliphatic heterocycles. The van der Waals surface area contributed by atoms with Crippen molar-refractivity contribution in [2.75, 3.05) is 12.9 Å². The van der Waals surface area contributed by atoms with Gasteiger partial charge < -0.3 is 4.74 Å². The van der Waals surface area contributed by atoms with E-state index in [2.05, 4.69) is 25.3 Å². The number of esters is 1. The Morgan fingerprint density at radius 1 is 1.38 bits per heavy atom. The molecule has 0 spiro atoms. The van der Waals surface area contributed by atoms with Gasteiger partial charge in [-0.05, 0) is 36.8 Å². The molecule has 2 nitrogen and oxygen atoms in total. The van der Waals surface area contributed by atoms with Gasteiger partial charge in [-0.15, -0.1) is 11.8 Å². The molecule has 1 aromatic carbocycles. The maximum Gasteiger partial charge on any atom is 0.310 e. The van der Waals surface area contributed by atoms with Gasteiger partial charge in [0.1, 0.15) is 0 Å². The van der Waals surface area contributed by atoms with Crippen molar-refractivity contribution in [3.05, 3.63) is 29.3 Å². The Morgan fingerprint density at radius 2 is 2.12 bits per heavy atom. The lowest BCUT2D eigenvalue weighted by molar-refractivity contribution is -0.142. The third kappa shape index (κ3) is 3.56. The number of carbonyl (C=O) groups is 1. The van der Waals surface area contributed by atoms with Crippen molar-refractivity contribution in [1.82, 2.24) is 0 Å². The Hall–Kier alpha value is -0.960. The second-order valence-electron chi connectivity index (χ2n) is 3.48. The second kappa shape index (κ2) is 6.59. The fourth-order valence-corrected chi connectivity index (χ4v) is 2.27. The van der Waals surface area contributed by atoms with Crippen LogP contribution >= 0.6 is 11.8 Å². The number of benzene rings is 1. The summed E-state index contributed by atoms with van der Waals surface area (Å²) in [5.74, 6) is -0.151. The summed E-state index contributed by atoms with van der Waals surface area (Å²) < 4.78 is 4.93. The van der Waals surface area contributed by atoms with Gasteiger partial charge >= 0.3 is 5.97 Å². The van der Waals surface area contributed by atoms with E-state index < -0.39 is 0 Å². The average molecular weight is 238 g/mol. The smallest absolute Gasteiger partial charge is 0.310 e. The first kappa shape index (κ1) is 13.1. The standard InChI is InChI=1S/C13H18O2S/c1-4-11-8-10(6-7-12(11)16-3)9-13(14)15-5-2/h6-8H,4-5,9H2,1-3H3. The molecule has 0 saturated carbocycles. The molecule has 0 fully saturated rings. The van der Waals surface area contributed by atoms with E-state index in [1.54, 1.807) is 11.8 Å². The third-order valence-corrected chi connectivity index (χ3v) is 3.22. The van der Waals surface area contributed by atoms with Crippen LogP contribution < -0.4 is 0 Å². The van der Waals surface area contributed by atoms with E-state index in [1.165, 1.54) is 10.5 Å². The highest BCUT2D eigenvalue weighted by Gasteiger charge is 2.06. The molecule has 16 heavy (non-hydrogen) atoms. The van der Waals surface area contributed by atoms with Gasteiger partial charge in [0.25, 0.3) is 0 Å². The van der Waals surface area contributed by atoms with Gasteiger partial charge in [0, 0.05) is 4.90 Å². The number of hydrogen-bond acceptors (Lipinski definition) is 3. The van der Waals surface area contributed by atoms with Crippen LogP contribution in [0.1, 0.15) is 25.0 Å². The monoisotopic (exact) mass is 238 g/mol. The largest absolute Gasteiger partial charge is 0.466 e. The van der Waals surface area contributed by atoms with E-state index in [1.807, 2.05) is 13.0 Å². The maximum absolute atomic E-state index is 11.3. The number of carbonyl (C=O) groups excluding carboxylic acids is 1. The molecule has 0 heterocycles. The van der Waals surface area contributed by atoms with E-state index in [-0.39, 0.29) is 5.97 Å². The minimum atomic E-state index is -0.151. The van der Waals surface area contributed by atoms with E-state index in [4.69, 9.17) is 4.74 Å². The van der Waals surface area contributed by atoms with Gasteiger partial charge in [0.15, 0.2) is 0 Å². The Balaban J connectivity index is 2.78. The van der Waals surface area contributed by atoms with Crippen molar-refractivity contribution in [2.45, 2.75) is 31.6 Å². The Morgan fingerprint density at radius 3 is 2.69 bits per heavy atom. The molecule has 88 valence electrons. The van der Waals surface area contributed by atoms with Crippen LogP contribution in [0.15, 0.2) is 23.1 Å². The molecule has 0 bridgehead atoms. The summed E-state index contributed by atoms with van der Waals surface area (Å²) in [5, 5.41) is 0. The molecule has 0 radical (unpaired) electrons. The van der Waals surface area contributed by atoms with Crippen molar-refractivity contribution in [3.8, 4) is 0 Å². The first-order chi connectivity index (χ1) is 7.71. The van der Waals surface area contributed by atoms with Crippen molar-refractivity contribution in [3.63, 3.8) is 0 Å². The van der Waals surface area contributed by atoms with Crippen molar-refractivity contribution in [1.29, 1.82) is 0 Å². The lowest BCUT2D eigenvalue weighted by Gasteiger charge is -2.08.